The minimum atomic E-state index is -3.90. The fraction of sp³-hybridized carbons (Fsp3) is 0.0476. The number of rotatable bonds is 5. The first-order valence-corrected chi connectivity index (χ1v) is 10.2. The van der Waals surface area contributed by atoms with Gasteiger partial charge in [-0.05, 0) is 43.3 Å². The molecular weight excluding hydrogens is 393 g/mol. The average Bonchev–Trinajstić information content (AvgIpc) is 3.20. The Morgan fingerprint density at radius 3 is 2.48 bits per heavy atom. The molecule has 1 heterocycles. The van der Waals surface area contributed by atoms with Gasteiger partial charge in [0.25, 0.3) is 15.9 Å². The lowest BCUT2D eigenvalue weighted by Crippen LogP contribution is -2.14. The van der Waals surface area contributed by atoms with Crippen molar-refractivity contribution in [3.63, 3.8) is 0 Å². The van der Waals surface area contributed by atoms with Crippen molar-refractivity contribution in [1.29, 1.82) is 0 Å². The number of aromatic nitrogens is 2. The number of hydrogen-bond acceptors (Lipinski definition) is 5. The molecule has 0 atom stereocenters. The van der Waals surface area contributed by atoms with Gasteiger partial charge in [-0.2, -0.15) is 4.98 Å². The van der Waals surface area contributed by atoms with E-state index in [1.54, 1.807) is 36.4 Å². The Balaban J connectivity index is 1.71. The molecule has 4 aromatic rings. The Hall–Kier alpha value is -3.52. The van der Waals surface area contributed by atoms with Gasteiger partial charge in [0.1, 0.15) is 10.7 Å². The molecule has 0 radical (unpaired) electrons. The number of halogens is 1. The van der Waals surface area contributed by atoms with Crippen LogP contribution in [0.15, 0.2) is 82.2 Å². The number of nitrogens with zero attached hydrogens (tertiary/aromatic N) is 2. The molecule has 1 N–H and O–H groups in total. The third kappa shape index (κ3) is 4.02. The molecule has 29 heavy (non-hydrogen) atoms. The number of aryl methyl sites for hydroxylation is 1. The van der Waals surface area contributed by atoms with Gasteiger partial charge in [-0.25, -0.2) is 12.8 Å². The zero-order chi connectivity index (χ0) is 20.4. The van der Waals surface area contributed by atoms with Crippen LogP contribution >= 0.6 is 0 Å². The highest BCUT2D eigenvalue weighted by atomic mass is 32.2. The normalized spacial score (nSPS) is 11.4. The van der Waals surface area contributed by atoms with Crippen LogP contribution in [0.5, 0.6) is 0 Å². The number of nitrogens with one attached hydrogen (secondary N) is 1. The standard InChI is InChI=1S/C21H16FN3O3S/c1-14-9-11-17(12-10-14)25-29(26,27)19-8-3-2-7-18(19)21-23-20(24-28-21)15-5-4-6-16(22)13-15/h2-13,25H,1H3. The third-order valence-corrected chi connectivity index (χ3v) is 5.66. The summed E-state index contributed by atoms with van der Waals surface area (Å²) in [7, 11) is -3.90. The van der Waals surface area contributed by atoms with Gasteiger partial charge in [0.15, 0.2) is 0 Å². The Morgan fingerprint density at radius 1 is 0.966 bits per heavy atom. The van der Waals surface area contributed by atoms with Crippen molar-refractivity contribution in [3.05, 3.63) is 84.2 Å². The first kappa shape index (κ1) is 18.8. The molecule has 0 aliphatic carbocycles. The highest BCUT2D eigenvalue weighted by Crippen LogP contribution is 2.29. The summed E-state index contributed by atoms with van der Waals surface area (Å²) in [5.41, 5.74) is 2.14. The molecule has 146 valence electrons. The van der Waals surface area contributed by atoms with Gasteiger partial charge >= 0.3 is 0 Å². The van der Waals surface area contributed by atoms with Gasteiger partial charge in [0, 0.05) is 11.3 Å². The molecule has 0 unspecified atom stereocenters. The van der Waals surface area contributed by atoms with Crippen molar-refractivity contribution in [2.24, 2.45) is 0 Å². The SMILES string of the molecule is Cc1ccc(NS(=O)(=O)c2ccccc2-c2nc(-c3cccc(F)c3)no2)cc1. The average molecular weight is 409 g/mol. The van der Waals surface area contributed by atoms with Crippen LogP contribution in [0.4, 0.5) is 10.1 Å². The molecule has 0 bridgehead atoms. The zero-order valence-electron chi connectivity index (χ0n) is 15.3. The van der Waals surface area contributed by atoms with E-state index in [0.29, 0.717) is 11.3 Å². The van der Waals surface area contributed by atoms with Gasteiger partial charge < -0.3 is 4.52 Å². The number of benzene rings is 3. The Labute approximate surface area is 167 Å². The zero-order valence-corrected chi connectivity index (χ0v) is 16.2. The quantitative estimate of drug-likeness (QED) is 0.519. The maximum Gasteiger partial charge on any atom is 0.262 e. The van der Waals surface area contributed by atoms with Crippen molar-refractivity contribution in [1.82, 2.24) is 10.1 Å². The molecule has 0 amide bonds. The van der Waals surface area contributed by atoms with E-state index >= 15 is 0 Å². The summed E-state index contributed by atoms with van der Waals surface area (Å²) >= 11 is 0. The van der Waals surface area contributed by atoms with E-state index in [4.69, 9.17) is 4.52 Å². The molecule has 0 saturated carbocycles. The number of hydrogen-bond donors (Lipinski definition) is 1. The third-order valence-electron chi connectivity index (χ3n) is 4.22. The fourth-order valence-corrected chi connectivity index (χ4v) is 4.05. The highest BCUT2D eigenvalue weighted by Gasteiger charge is 2.23. The van der Waals surface area contributed by atoms with Crippen LogP contribution in [0.25, 0.3) is 22.8 Å². The first-order valence-electron chi connectivity index (χ1n) is 8.71. The van der Waals surface area contributed by atoms with Crippen LogP contribution in [-0.4, -0.2) is 18.6 Å². The number of sulfonamides is 1. The van der Waals surface area contributed by atoms with Gasteiger partial charge in [-0.15, -0.1) is 0 Å². The topological polar surface area (TPSA) is 85.1 Å². The van der Waals surface area contributed by atoms with Gasteiger partial charge in [0.05, 0.1) is 5.56 Å². The molecule has 6 nitrogen and oxygen atoms in total. The lowest BCUT2D eigenvalue weighted by molar-refractivity contribution is 0.431. The maximum atomic E-state index is 13.5. The molecule has 0 saturated heterocycles. The van der Waals surface area contributed by atoms with Crippen LogP contribution in [-0.2, 0) is 10.0 Å². The van der Waals surface area contributed by atoms with Crippen molar-refractivity contribution in [3.8, 4) is 22.8 Å². The summed E-state index contributed by atoms with van der Waals surface area (Å²) in [4.78, 5) is 4.24. The van der Waals surface area contributed by atoms with E-state index in [1.165, 1.54) is 24.3 Å². The van der Waals surface area contributed by atoms with E-state index in [9.17, 15) is 12.8 Å². The largest absolute Gasteiger partial charge is 0.334 e. The van der Waals surface area contributed by atoms with E-state index in [0.717, 1.165) is 5.56 Å². The summed E-state index contributed by atoms with van der Waals surface area (Å²) in [6.45, 7) is 1.92. The second kappa shape index (κ2) is 7.48. The van der Waals surface area contributed by atoms with Crippen LogP contribution < -0.4 is 4.72 Å². The molecule has 0 spiro atoms. The van der Waals surface area contributed by atoms with Gasteiger partial charge in [-0.3, -0.25) is 4.72 Å². The fourth-order valence-electron chi connectivity index (χ4n) is 2.79. The summed E-state index contributed by atoms with van der Waals surface area (Å²) in [5.74, 6) is -0.244. The predicted octanol–water partition coefficient (Wildman–Crippen LogP) is 4.65. The molecule has 1 aromatic heterocycles. The van der Waals surface area contributed by atoms with Gasteiger partial charge in [-0.1, -0.05) is 47.1 Å². The van der Waals surface area contributed by atoms with E-state index in [1.807, 2.05) is 19.1 Å². The maximum absolute atomic E-state index is 13.5. The van der Waals surface area contributed by atoms with E-state index in [2.05, 4.69) is 14.9 Å². The van der Waals surface area contributed by atoms with E-state index < -0.39 is 15.8 Å². The van der Waals surface area contributed by atoms with Crippen molar-refractivity contribution < 1.29 is 17.3 Å². The van der Waals surface area contributed by atoms with Gasteiger partial charge in [0.2, 0.25) is 5.82 Å². The van der Waals surface area contributed by atoms with Crippen molar-refractivity contribution in [2.45, 2.75) is 11.8 Å². The smallest absolute Gasteiger partial charge is 0.262 e. The Kier molecular flexibility index (Phi) is 4.85. The summed E-state index contributed by atoms with van der Waals surface area (Å²) < 4.78 is 47.2. The number of anilines is 1. The molecule has 8 heteroatoms. The molecular formula is C21H16FN3O3S. The highest BCUT2D eigenvalue weighted by molar-refractivity contribution is 7.92. The van der Waals surface area contributed by atoms with Crippen molar-refractivity contribution >= 4 is 15.7 Å². The molecule has 0 aliphatic rings. The Bertz CT molecular complexity index is 1270. The van der Waals surface area contributed by atoms with Crippen LogP contribution in [0, 0.1) is 12.7 Å². The Morgan fingerprint density at radius 2 is 1.72 bits per heavy atom. The lowest BCUT2D eigenvalue weighted by atomic mass is 10.2. The molecule has 3 aromatic carbocycles. The lowest BCUT2D eigenvalue weighted by Gasteiger charge is -2.10. The van der Waals surface area contributed by atoms with Crippen LogP contribution in [0.3, 0.4) is 0 Å². The van der Waals surface area contributed by atoms with Crippen molar-refractivity contribution in [2.75, 3.05) is 4.72 Å². The minimum absolute atomic E-state index is 0.00461. The summed E-state index contributed by atoms with van der Waals surface area (Å²) in [5, 5.41) is 3.85. The monoisotopic (exact) mass is 409 g/mol. The molecule has 0 fully saturated rings. The van der Waals surface area contributed by atoms with Crippen LogP contribution in [0.1, 0.15) is 5.56 Å². The predicted molar refractivity (Wildman–Crippen MR) is 107 cm³/mol. The molecule has 4 rings (SSSR count). The second-order valence-electron chi connectivity index (χ2n) is 6.40. The summed E-state index contributed by atoms with van der Waals surface area (Å²) in [6, 6.07) is 19.1. The van der Waals surface area contributed by atoms with E-state index in [-0.39, 0.29) is 22.2 Å². The van der Waals surface area contributed by atoms with Crippen LogP contribution in [0.2, 0.25) is 0 Å². The first-order chi connectivity index (χ1) is 13.9. The second-order valence-corrected chi connectivity index (χ2v) is 8.05. The minimum Gasteiger partial charge on any atom is -0.334 e. The molecule has 0 aliphatic heterocycles. The summed E-state index contributed by atoms with van der Waals surface area (Å²) in [6.07, 6.45) is 0.